The summed E-state index contributed by atoms with van der Waals surface area (Å²) in [6, 6.07) is 0. The molecule has 3 nitrogen and oxygen atoms in total. The van der Waals surface area contributed by atoms with Gasteiger partial charge in [0.2, 0.25) is 0 Å². The Morgan fingerprint density at radius 1 is 0.909 bits per heavy atom. The Morgan fingerprint density at radius 3 is 1.95 bits per heavy atom. The molecular weight excluding hydrogens is 270 g/mol. The zero-order valence-electron chi connectivity index (χ0n) is 15.9. The minimum absolute atomic E-state index is 0.0478. The second-order valence-electron chi connectivity index (χ2n) is 8.86. The van der Waals surface area contributed by atoms with Gasteiger partial charge in [-0.1, -0.05) is 39.8 Å². The van der Waals surface area contributed by atoms with Crippen LogP contribution in [-0.4, -0.2) is 15.0 Å². The number of aromatic nitrogens is 3. The molecule has 0 radical (unpaired) electrons. The van der Waals surface area contributed by atoms with Gasteiger partial charge in [-0.25, -0.2) is 4.68 Å². The standard InChI is InChI=1S/C17H29N3.C2H6/c1-16(2,3)15-11-7-9-13-14(10-8-12(11)15)20(19-18-13)17(4,5)6;1-2/h11-12,15H,7-10H2,1-6H3;1-2H3. The van der Waals surface area contributed by atoms with Gasteiger partial charge in [0.1, 0.15) is 0 Å². The van der Waals surface area contributed by atoms with Crippen LogP contribution in [0.25, 0.3) is 0 Å². The number of fused-ring (bicyclic) bond motifs is 2. The molecule has 3 heteroatoms. The molecule has 1 heterocycles. The zero-order valence-corrected chi connectivity index (χ0v) is 15.9. The van der Waals surface area contributed by atoms with Gasteiger partial charge in [0.05, 0.1) is 16.9 Å². The Bertz CT molecular complexity index is 502. The molecule has 0 bridgehead atoms. The lowest BCUT2D eigenvalue weighted by Crippen LogP contribution is -2.26. The van der Waals surface area contributed by atoms with Gasteiger partial charge >= 0.3 is 0 Å². The molecule has 1 saturated carbocycles. The fourth-order valence-corrected chi connectivity index (χ4v) is 4.44. The number of hydrogen-bond acceptors (Lipinski definition) is 2. The average Bonchev–Trinajstić information content (AvgIpc) is 2.93. The highest BCUT2D eigenvalue weighted by Gasteiger charge is 2.54. The van der Waals surface area contributed by atoms with E-state index in [1.165, 1.54) is 24.2 Å². The van der Waals surface area contributed by atoms with Gasteiger partial charge in [0.15, 0.2) is 0 Å². The molecule has 1 aromatic heterocycles. The Labute approximate surface area is 136 Å². The van der Waals surface area contributed by atoms with Crippen LogP contribution in [-0.2, 0) is 18.4 Å². The molecule has 1 fully saturated rings. The third-order valence-corrected chi connectivity index (χ3v) is 5.24. The lowest BCUT2D eigenvalue weighted by atomic mass is 9.87. The smallest absolute Gasteiger partial charge is 0.0859 e. The van der Waals surface area contributed by atoms with Crippen molar-refractivity contribution in [2.45, 2.75) is 86.6 Å². The molecule has 0 amide bonds. The summed E-state index contributed by atoms with van der Waals surface area (Å²) >= 11 is 0. The maximum Gasteiger partial charge on any atom is 0.0859 e. The van der Waals surface area contributed by atoms with Crippen LogP contribution in [0.5, 0.6) is 0 Å². The van der Waals surface area contributed by atoms with Crippen molar-refractivity contribution in [3.05, 3.63) is 11.4 Å². The summed E-state index contributed by atoms with van der Waals surface area (Å²) < 4.78 is 2.16. The first-order valence-electron chi connectivity index (χ1n) is 9.13. The van der Waals surface area contributed by atoms with Crippen LogP contribution < -0.4 is 0 Å². The summed E-state index contributed by atoms with van der Waals surface area (Å²) in [6.07, 6.45) is 4.91. The highest BCUT2D eigenvalue weighted by atomic mass is 15.5. The molecule has 1 aromatic rings. The van der Waals surface area contributed by atoms with E-state index in [0.29, 0.717) is 5.41 Å². The molecule has 0 N–H and O–H groups in total. The molecule has 3 atom stereocenters. The van der Waals surface area contributed by atoms with E-state index in [-0.39, 0.29) is 5.54 Å². The van der Waals surface area contributed by atoms with Crippen molar-refractivity contribution < 1.29 is 0 Å². The van der Waals surface area contributed by atoms with Crippen LogP contribution in [0.3, 0.4) is 0 Å². The fourth-order valence-electron chi connectivity index (χ4n) is 4.44. The first kappa shape index (κ1) is 17.5. The van der Waals surface area contributed by atoms with Gasteiger partial charge in [-0.3, -0.25) is 0 Å². The van der Waals surface area contributed by atoms with E-state index >= 15 is 0 Å². The largest absolute Gasteiger partial charge is 0.244 e. The molecule has 0 aromatic carbocycles. The van der Waals surface area contributed by atoms with Crippen molar-refractivity contribution in [3.63, 3.8) is 0 Å². The first-order valence-corrected chi connectivity index (χ1v) is 9.13. The lowest BCUT2D eigenvalue weighted by Gasteiger charge is -2.22. The number of hydrogen-bond donors (Lipinski definition) is 0. The predicted octanol–water partition coefficient (Wildman–Crippen LogP) is 4.85. The molecule has 0 saturated heterocycles. The zero-order chi connectivity index (χ0) is 16.7. The van der Waals surface area contributed by atoms with E-state index in [1.807, 2.05) is 13.8 Å². The summed E-state index contributed by atoms with van der Waals surface area (Å²) in [7, 11) is 0. The number of nitrogens with zero attached hydrogens (tertiary/aromatic N) is 3. The van der Waals surface area contributed by atoms with Crippen molar-refractivity contribution in [2.24, 2.45) is 23.2 Å². The second kappa shape index (κ2) is 5.98. The maximum atomic E-state index is 4.48. The van der Waals surface area contributed by atoms with Gasteiger partial charge in [-0.15, -0.1) is 5.10 Å². The number of rotatable bonds is 0. The molecule has 22 heavy (non-hydrogen) atoms. The maximum absolute atomic E-state index is 4.48. The fraction of sp³-hybridized carbons (Fsp3) is 0.895. The van der Waals surface area contributed by atoms with Crippen LogP contribution in [0.1, 0.15) is 79.6 Å². The Hall–Kier alpha value is -0.860. The molecule has 2 aliphatic rings. The van der Waals surface area contributed by atoms with Crippen molar-refractivity contribution >= 4 is 0 Å². The van der Waals surface area contributed by atoms with Crippen molar-refractivity contribution in [2.75, 3.05) is 0 Å². The van der Waals surface area contributed by atoms with E-state index in [9.17, 15) is 0 Å². The normalized spacial score (nSPS) is 27.7. The predicted molar refractivity (Wildman–Crippen MR) is 92.9 cm³/mol. The molecule has 126 valence electrons. The molecule has 0 spiro atoms. The van der Waals surface area contributed by atoms with Crippen LogP contribution >= 0.6 is 0 Å². The van der Waals surface area contributed by atoms with Crippen molar-refractivity contribution in [3.8, 4) is 0 Å². The number of aryl methyl sites for hydroxylation is 1. The van der Waals surface area contributed by atoms with E-state index in [4.69, 9.17) is 0 Å². The summed E-state index contributed by atoms with van der Waals surface area (Å²) in [6.45, 7) is 17.9. The highest BCUT2D eigenvalue weighted by molar-refractivity contribution is 5.17. The molecule has 2 aliphatic carbocycles. The third kappa shape index (κ3) is 3.23. The topological polar surface area (TPSA) is 30.7 Å². The SMILES string of the molecule is CC.CC(C)(C)C1C2CCc3nnn(C(C)(C)C)c3CCC21. The van der Waals surface area contributed by atoms with Gasteiger partial charge in [0, 0.05) is 0 Å². The van der Waals surface area contributed by atoms with E-state index in [2.05, 4.69) is 56.5 Å². The van der Waals surface area contributed by atoms with E-state index in [1.54, 1.807) is 0 Å². The van der Waals surface area contributed by atoms with E-state index < -0.39 is 0 Å². The first-order chi connectivity index (χ1) is 10.2. The minimum atomic E-state index is 0.0478. The van der Waals surface area contributed by atoms with E-state index in [0.717, 1.165) is 30.6 Å². The van der Waals surface area contributed by atoms with Crippen molar-refractivity contribution in [1.82, 2.24) is 15.0 Å². The average molecular weight is 306 g/mol. The van der Waals surface area contributed by atoms with Crippen LogP contribution in [0.2, 0.25) is 0 Å². The summed E-state index contributed by atoms with van der Waals surface area (Å²) in [4.78, 5) is 0. The second-order valence-corrected chi connectivity index (χ2v) is 8.86. The monoisotopic (exact) mass is 305 g/mol. The highest BCUT2D eigenvalue weighted by Crippen LogP contribution is 2.60. The molecule has 0 aliphatic heterocycles. The Balaban J connectivity index is 0.000000847. The van der Waals surface area contributed by atoms with Crippen LogP contribution in [0.15, 0.2) is 0 Å². The van der Waals surface area contributed by atoms with Gasteiger partial charge in [0.25, 0.3) is 0 Å². The Morgan fingerprint density at radius 2 is 1.45 bits per heavy atom. The molecule has 3 rings (SSSR count). The van der Waals surface area contributed by atoms with Gasteiger partial charge < -0.3 is 0 Å². The lowest BCUT2D eigenvalue weighted by molar-refractivity contribution is 0.310. The third-order valence-electron chi connectivity index (χ3n) is 5.24. The Kier molecular flexibility index (Phi) is 4.75. The van der Waals surface area contributed by atoms with Crippen LogP contribution in [0.4, 0.5) is 0 Å². The van der Waals surface area contributed by atoms with Crippen molar-refractivity contribution in [1.29, 1.82) is 0 Å². The quantitative estimate of drug-likeness (QED) is 0.686. The minimum Gasteiger partial charge on any atom is -0.244 e. The van der Waals surface area contributed by atoms with Crippen LogP contribution in [0, 0.1) is 23.2 Å². The summed E-state index contributed by atoms with van der Waals surface area (Å²) in [5, 5.41) is 8.90. The van der Waals surface area contributed by atoms with Gasteiger partial charge in [-0.2, -0.15) is 0 Å². The molecular formula is C19H35N3. The summed E-state index contributed by atoms with van der Waals surface area (Å²) in [5.74, 6) is 2.79. The van der Waals surface area contributed by atoms with Gasteiger partial charge in [-0.05, 0) is 69.6 Å². The molecule has 3 unspecified atom stereocenters. The summed E-state index contributed by atoms with van der Waals surface area (Å²) in [5.41, 5.74) is 3.18.